The summed E-state index contributed by atoms with van der Waals surface area (Å²) < 4.78 is 10.5. The van der Waals surface area contributed by atoms with Crippen LogP contribution in [0.5, 0.6) is 11.5 Å². The van der Waals surface area contributed by atoms with Gasteiger partial charge in [0, 0.05) is 19.4 Å². The van der Waals surface area contributed by atoms with Crippen molar-refractivity contribution >= 4 is 11.9 Å². The second-order valence-corrected chi connectivity index (χ2v) is 4.71. The molecule has 2 N–H and O–H groups in total. The number of carboxylic acid groups (broad SMARTS) is 1. The zero-order valence-corrected chi connectivity index (χ0v) is 12.5. The fourth-order valence-corrected chi connectivity index (χ4v) is 2.12. The summed E-state index contributed by atoms with van der Waals surface area (Å²) in [7, 11) is 3.14. The quantitative estimate of drug-likeness (QED) is 0.761. The van der Waals surface area contributed by atoms with Gasteiger partial charge in [0.1, 0.15) is 11.5 Å². The highest BCUT2D eigenvalue weighted by atomic mass is 16.5. The van der Waals surface area contributed by atoms with Crippen LogP contribution in [0.2, 0.25) is 0 Å². The predicted molar refractivity (Wildman–Crippen MR) is 77.7 cm³/mol. The van der Waals surface area contributed by atoms with Crippen LogP contribution >= 0.6 is 0 Å². The molecule has 1 aromatic carbocycles. The minimum Gasteiger partial charge on any atom is -0.497 e. The van der Waals surface area contributed by atoms with Crippen molar-refractivity contribution in [2.45, 2.75) is 32.2 Å². The van der Waals surface area contributed by atoms with Gasteiger partial charge in [0.2, 0.25) is 5.91 Å². The molecule has 1 unspecified atom stereocenters. The number of carbonyl (C=O) groups excluding carboxylic acids is 1. The van der Waals surface area contributed by atoms with E-state index in [0.717, 1.165) is 5.56 Å². The lowest BCUT2D eigenvalue weighted by Gasteiger charge is -2.19. The molecule has 0 aliphatic rings. The Labute approximate surface area is 124 Å². The zero-order valence-electron chi connectivity index (χ0n) is 12.5. The molecule has 1 amide bonds. The van der Waals surface area contributed by atoms with E-state index in [4.69, 9.17) is 14.6 Å². The highest BCUT2D eigenvalue weighted by Gasteiger charge is 2.16. The van der Waals surface area contributed by atoms with Gasteiger partial charge in [-0.1, -0.05) is 0 Å². The summed E-state index contributed by atoms with van der Waals surface area (Å²) in [6.45, 7) is 1.41. The lowest BCUT2D eigenvalue weighted by Crippen LogP contribution is -2.35. The Morgan fingerprint density at radius 1 is 1.29 bits per heavy atom. The van der Waals surface area contributed by atoms with Crippen molar-refractivity contribution in [3.63, 3.8) is 0 Å². The second-order valence-electron chi connectivity index (χ2n) is 4.71. The number of hydrogen-bond donors (Lipinski definition) is 2. The zero-order chi connectivity index (χ0) is 15.8. The third-order valence-electron chi connectivity index (χ3n) is 3.07. The number of amides is 1. The summed E-state index contributed by atoms with van der Waals surface area (Å²) >= 11 is 0. The van der Waals surface area contributed by atoms with E-state index in [0.29, 0.717) is 24.3 Å². The van der Waals surface area contributed by atoms with E-state index in [1.807, 2.05) is 6.07 Å². The summed E-state index contributed by atoms with van der Waals surface area (Å²) in [4.78, 5) is 22.0. The monoisotopic (exact) mass is 295 g/mol. The Balaban J connectivity index is 2.89. The fraction of sp³-hybridized carbons (Fsp3) is 0.467. The number of methoxy groups -OCH3 is 2. The molecule has 1 aromatic rings. The lowest BCUT2D eigenvalue weighted by molar-refractivity contribution is -0.137. The van der Waals surface area contributed by atoms with Gasteiger partial charge >= 0.3 is 5.97 Å². The molecule has 0 aliphatic carbocycles. The average Bonchev–Trinajstić information content (AvgIpc) is 2.44. The molecule has 0 saturated heterocycles. The van der Waals surface area contributed by atoms with Crippen molar-refractivity contribution in [1.29, 1.82) is 0 Å². The molecule has 0 spiro atoms. The van der Waals surface area contributed by atoms with E-state index in [9.17, 15) is 9.59 Å². The third kappa shape index (κ3) is 5.72. The SMILES string of the molecule is COc1ccc(OC)c(CC(CCC(=O)O)NC(C)=O)c1. The fourth-order valence-electron chi connectivity index (χ4n) is 2.12. The van der Waals surface area contributed by atoms with Crippen LogP contribution in [0.1, 0.15) is 25.3 Å². The Kier molecular flexibility index (Phi) is 6.52. The van der Waals surface area contributed by atoms with Gasteiger partial charge < -0.3 is 19.9 Å². The molecular weight excluding hydrogens is 274 g/mol. The molecule has 116 valence electrons. The van der Waals surface area contributed by atoms with Crippen molar-refractivity contribution < 1.29 is 24.2 Å². The first-order valence-corrected chi connectivity index (χ1v) is 6.66. The molecule has 6 heteroatoms. The van der Waals surface area contributed by atoms with Crippen LogP contribution in [0, 0.1) is 0 Å². The molecule has 0 saturated carbocycles. The Morgan fingerprint density at radius 2 is 2.00 bits per heavy atom. The Hall–Kier alpha value is -2.24. The minimum atomic E-state index is -0.886. The standard InChI is InChI=1S/C15H21NO5/c1-10(17)16-12(4-7-15(18)19)8-11-9-13(20-2)5-6-14(11)21-3/h5-6,9,12H,4,7-8H2,1-3H3,(H,16,17)(H,18,19). The minimum absolute atomic E-state index is 0.00275. The maximum atomic E-state index is 11.3. The van der Waals surface area contributed by atoms with Crippen LogP contribution in [0.4, 0.5) is 0 Å². The number of benzene rings is 1. The van der Waals surface area contributed by atoms with E-state index in [-0.39, 0.29) is 18.4 Å². The van der Waals surface area contributed by atoms with Crippen LogP contribution in [0.25, 0.3) is 0 Å². The van der Waals surface area contributed by atoms with Gasteiger partial charge in [-0.2, -0.15) is 0 Å². The first-order valence-electron chi connectivity index (χ1n) is 6.66. The smallest absolute Gasteiger partial charge is 0.303 e. The summed E-state index contributed by atoms with van der Waals surface area (Å²) in [6.07, 6.45) is 0.833. The van der Waals surface area contributed by atoms with E-state index in [1.54, 1.807) is 26.4 Å². The van der Waals surface area contributed by atoms with Crippen molar-refractivity contribution in [3.05, 3.63) is 23.8 Å². The molecule has 0 radical (unpaired) electrons. The van der Waals surface area contributed by atoms with Gasteiger partial charge in [-0.3, -0.25) is 9.59 Å². The topological polar surface area (TPSA) is 84.9 Å². The average molecular weight is 295 g/mol. The van der Waals surface area contributed by atoms with Crippen LogP contribution in [0.15, 0.2) is 18.2 Å². The number of rotatable bonds is 8. The third-order valence-corrected chi connectivity index (χ3v) is 3.07. The predicted octanol–water partition coefficient (Wildman–Crippen LogP) is 1.62. The molecule has 0 aromatic heterocycles. The molecule has 0 bridgehead atoms. The lowest BCUT2D eigenvalue weighted by atomic mass is 10.0. The maximum absolute atomic E-state index is 11.3. The van der Waals surface area contributed by atoms with Gasteiger partial charge in [0.05, 0.1) is 14.2 Å². The first-order chi connectivity index (χ1) is 9.96. The summed E-state index contributed by atoms with van der Waals surface area (Å²) in [5.74, 6) is 0.294. The summed E-state index contributed by atoms with van der Waals surface area (Å²) in [5.41, 5.74) is 0.862. The highest BCUT2D eigenvalue weighted by Crippen LogP contribution is 2.25. The number of aliphatic carboxylic acids is 1. The van der Waals surface area contributed by atoms with Crippen molar-refractivity contribution in [2.24, 2.45) is 0 Å². The van der Waals surface area contributed by atoms with E-state index >= 15 is 0 Å². The van der Waals surface area contributed by atoms with Gasteiger partial charge in [-0.05, 0) is 36.6 Å². The molecule has 0 fully saturated rings. The molecule has 0 aliphatic heterocycles. The molecule has 21 heavy (non-hydrogen) atoms. The van der Waals surface area contributed by atoms with Crippen molar-refractivity contribution in [2.75, 3.05) is 14.2 Å². The van der Waals surface area contributed by atoms with Gasteiger partial charge in [0.15, 0.2) is 0 Å². The molecule has 0 heterocycles. The number of nitrogens with one attached hydrogen (secondary N) is 1. The van der Waals surface area contributed by atoms with Gasteiger partial charge in [-0.15, -0.1) is 0 Å². The van der Waals surface area contributed by atoms with Gasteiger partial charge in [0.25, 0.3) is 0 Å². The Bertz CT molecular complexity index is 501. The van der Waals surface area contributed by atoms with Crippen molar-refractivity contribution in [3.8, 4) is 11.5 Å². The molecule has 1 atom stereocenters. The van der Waals surface area contributed by atoms with Gasteiger partial charge in [-0.25, -0.2) is 0 Å². The highest BCUT2D eigenvalue weighted by molar-refractivity contribution is 5.73. The largest absolute Gasteiger partial charge is 0.497 e. The Morgan fingerprint density at radius 3 is 2.52 bits per heavy atom. The summed E-state index contributed by atoms with van der Waals surface area (Å²) in [6, 6.07) is 5.14. The van der Waals surface area contributed by atoms with Crippen LogP contribution in [0.3, 0.4) is 0 Å². The normalized spacial score (nSPS) is 11.6. The molecule has 6 nitrogen and oxygen atoms in total. The summed E-state index contributed by atoms with van der Waals surface area (Å²) in [5, 5.41) is 11.6. The molecular formula is C15H21NO5. The van der Waals surface area contributed by atoms with E-state index < -0.39 is 5.97 Å². The number of carbonyl (C=O) groups is 2. The first kappa shape index (κ1) is 16.8. The van der Waals surface area contributed by atoms with E-state index in [2.05, 4.69) is 5.32 Å². The van der Waals surface area contributed by atoms with Crippen LogP contribution in [-0.4, -0.2) is 37.2 Å². The second kappa shape index (κ2) is 8.14. The molecule has 1 rings (SSSR count). The number of carboxylic acids is 1. The van der Waals surface area contributed by atoms with Crippen molar-refractivity contribution in [1.82, 2.24) is 5.32 Å². The van der Waals surface area contributed by atoms with E-state index in [1.165, 1.54) is 6.92 Å². The maximum Gasteiger partial charge on any atom is 0.303 e. The van der Waals surface area contributed by atoms with Crippen LogP contribution in [-0.2, 0) is 16.0 Å². The van der Waals surface area contributed by atoms with Crippen LogP contribution < -0.4 is 14.8 Å². The number of hydrogen-bond acceptors (Lipinski definition) is 4. The number of ether oxygens (including phenoxy) is 2.